The van der Waals surface area contributed by atoms with Crippen molar-refractivity contribution in [3.05, 3.63) is 35.9 Å². The molecule has 1 amide bonds. The summed E-state index contributed by atoms with van der Waals surface area (Å²) in [5, 5.41) is 2.44. The third-order valence-electron chi connectivity index (χ3n) is 2.39. The van der Waals surface area contributed by atoms with Crippen LogP contribution in [0, 0.1) is 0 Å². The first-order chi connectivity index (χ1) is 7.31. The molecule has 1 N–H and O–H groups in total. The molecule has 0 aliphatic carbocycles. The van der Waals surface area contributed by atoms with Gasteiger partial charge in [0.05, 0.1) is 12.6 Å². The Morgan fingerprint density at radius 3 is 2.67 bits per heavy atom. The molecule has 1 aromatic rings. The molecule has 1 heterocycles. The zero-order chi connectivity index (χ0) is 10.7. The predicted octanol–water partition coefficient (Wildman–Crippen LogP) is 1.04. The second kappa shape index (κ2) is 4.40. The largest absolute Gasteiger partial charge is 0.361 e. The maximum Gasteiger partial charge on any atom is 0.251 e. The number of alkyl halides is 1. The van der Waals surface area contributed by atoms with E-state index >= 15 is 0 Å². The van der Waals surface area contributed by atoms with Gasteiger partial charge in [-0.1, -0.05) is 30.3 Å². The minimum Gasteiger partial charge on any atom is -0.361 e. The average molecular weight is 209 g/mol. The van der Waals surface area contributed by atoms with Gasteiger partial charge in [0.25, 0.3) is 5.91 Å². The van der Waals surface area contributed by atoms with Crippen molar-refractivity contribution in [2.45, 2.75) is 18.8 Å². The number of hydrogen-bond donors (Lipinski definition) is 1. The fourth-order valence-electron chi connectivity index (χ4n) is 1.50. The number of ether oxygens (including phenoxy) is 1. The second-order valence-corrected chi connectivity index (χ2v) is 3.49. The Morgan fingerprint density at radius 2 is 2.07 bits per heavy atom. The molecule has 4 heteroatoms. The number of amides is 1. The zero-order valence-electron chi connectivity index (χ0n) is 8.15. The lowest BCUT2D eigenvalue weighted by Crippen LogP contribution is -2.64. The summed E-state index contributed by atoms with van der Waals surface area (Å²) in [6.07, 6.45) is -0.629. The minimum atomic E-state index is -0.629. The summed E-state index contributed by atoms with van der Waals surface area (Å²) in [5.74, 6) is -0.228. The van der Waals surface area contributed by atoms with E-state index in [1.807, 2.05) is 30.3 Å². The lowest BCUT2D eigenvalue weighted by molar-refractivity contribution is -0.150. The van der Waals surface area contributed by atoms with Gasteiger partial charge in [0, 0.05) is 0 Å². The summed E-state index contributed by atoms with van der Waals surface area (Å²) in [4.78, 5) is 11.0. The van der Waals surface area contributed by atoms with E-state index in [9.17, 15) is 9.18 Å². The molecule has 80 valence electrons. The van der Waals surface area contributed by atoms with Crippen LogP contribution in [0.2, 0.25) is 0 Å². The van der Waals surface area contributed by atoms with Crippen LogP contribution in [-0.4, -0.2) is 24.7 Å². The van der Waals surface area contributed by atoms with Crippen LogP contribution in [-0.2, 0) is 16.1 Å². The highest BCUT2D eigenvalue weighted by Gasteiger charge is 2.40. The lowest BCUT2D eigenvalue weighted by Gasteiger charge is -2.34. The lowest BCUT2D eigenvalue weighted by atomic mass is 10.0. The van der Waals surface area contributed by atoms with Gasteiger partial charge in [0.1, 0.15) is 6.67 Å². The third kappa shape index (κ3) is 2.15. The van der Waals surface area contributed by atoms with E-state index in [0.717, 1.165) is 5.56 Å². The van der Waals surface area contributed by atoms with Crippen LogP contribution >= 0.6 is 0 Å². The summed E-state index contributed by atoms with van der Waals surface area (Å²) in [7, 11) is 0. The van der Waals surface area contributed by atoms with E-state index in [0.29, 0.717) is 6.61 Å². The number of nitrogens with one attached hydrogen (secondary N) is 1. The summed E-state index contributed by atoms with van der Waals surface area (Å²) in [6.45, 7) is -0.235. The normalized spacial score (nSPS) is 24.5. The van der Waals surface area contributed by atoms with Crippen molar-refractivity contribution in [2.75, 3.05) is 6.67 Å². The smallest absolute Gasteiger partial charge is 0.251 e. The quantitative estimate of drug-likeness (QED) is 0.752. The topological polar surface area (TPSA) is 38.3 Å². The van der Waals surface area contributed by atoms with Gasteiger partial charge >= 0.3 is 0 Å². The van der Waals surface area contributed by atoms with E-state index < -0.39 is 18.8 Å². The highest BCUT2D eigenvalue weighted by atomic mass is 19.1. The molecule has 1 saturated heterocycles. The van der Waals surface area contributed by atoms with Crippen LogP contribution in [0.3, 0.4) is 0 Å². The number of rotatable bonds is 4. The molecule has 15 heavy (non-hydrogen) atoms. The Hall–Kier alpha value is -1.42. The second-order valence-electron chi connectivity index (χ2n) is 3.49. The Morgan fingerprint density at radius 1 is 1.33 bits per heavy atom. The summed E-state index contributed by atoms with van der Waals surface area (Å²) >= 11 is 0. The van der Waals surface area contributed by atoms with Crippen molar-refractivity contribution in [1.29, 1.82) is 0 Å². The van der Waals surface area contributed by atoms with Gasteiger partial charge in [-0.3, -0.25) is 4.79 Å². The van der Waals surface area contributed by atoms with Crippen molar-refractivity contribution in [2.24, 2.45) is 0 Å². The van der Waals surface area contributed by atoms with Crippen molar-refractivity contribution in [3.8, 4) is 0 Å². The molecule has 3 nitrogen and oxygen atoms in total. The molecular weight excluding hydrogens is 197 g/mol. The van der Waals surface area contributed by atoms with Gasteiger partial charge in [0.15, 0.2) is 6.10 Å². The standard InChI is InChI=1S/C11H12FNO2/c12-6-9-10(11(14)13-9)15-7-8-4-2-1-3-5-8/h1-5,9-10H,6-7H2,(H,13,14)/t9-,10+/m0/s1. The van der Waals surface area contributed by atoms with Gasteiger partial charge in [-0.25, -0.2) is 4.39 Å². The number of β-lactam (4-membered cyclic amide) rings is 1. The number of benzene rings is 1. The van der Waals surface area contributed by atoms with E-state index in [1.54, 1.807) is 0 Å². The summed E-state index contributed by atoms with van der Waals surface area (Å²) in [6, 6.07) is 9.03. The minimum absolute atomic E-state index is 0.228. The predicted molar refractivity (Wildman–Crippen MR) is 52.9 cm³/mol. The Balaban J connectivity index is 1.86. The van der Waals surface area contributed by atoms with Crippen LogP contribution in [0.25, 0.3) is 0 Å². The zero-order valence-corrected chi connectivity index (χ0v) is 8.15. The molecular formula is C11H12FNO2. The van der Waals surface area contributed by atoms with Crippen LogP contribution < -0.4 is 5.32 Å². The van der Waals surface area contributed by atoms with Gasteiger partial charge < -0.3 is 10.1 Å². The Bertz CT molecular complexity index is 342. The maximum atomic E-state index is 12.3. The van der Waals surface area contributed by atoms with Crippen molar-refractivity contribution in [1.82, 2.24) is 5.32 Å². The first kappa shape index (κ1) is 10.1. The van der Waals surface area contributed by atoms with Gasteiger partial charge in [0.2, 0.25) is 0 Å². The molecule has 0 bridgehead atoms. The number of carbonyl (C=O) groups is 1. The van der Waals surface area contributed by atoms with E-state index in [4.69, 9.17) is 4.74 Å². The molecule has 2 atom stereocenters. The molecule has 0 radical (unpaired) electrons. The Kier molecular flexibility index (Phi) is 2.97. The van der Waals surface area contributed by atoms with Crippen molar-refractivity contribution >= 4 is 5.91 Å². The van der Waals surface area contributed by atoms with E-state index in [-0.39, 0.29) is 5.91 Å². The molecule has 1 aromatic carbocycles. The monoisotopic (exact) mass is 209 g/mol. The van der Waals surface area contributed by atoms with Crippen LogP contribution in [0.15, 0.2) is 30.3 Å². The fourth-order valence-corrected chi connectivity index (χ4v) is 1.50. The highest BCUT2D eigenvalue weighted by Crippen LogP contribution is 2.13. The SMILES string of the molecule is O=C1N[C@@H](CF)[C@H]1OCc1ccccc1. The Labute approximate surface area is 87.2 Å². The molecule has 1 fully saturated rings. The first-order valence-corrected chi connectivity index (χ1v) is 4.83. The van der Waals surface area contributed by atoms with Gasteiger partial charge in [-0.15, -0.1) is 0 Å². The average Bonchev–Trinajstić information content (AvgIpc) is 2.27. The van der Waals surface area contributed by atoms with Crippen molar-refractivity contribution in [3.63, 3.8) is 0 Å². The van der Waals surface area contributed by atoms with Crippen LogP contribution in [0.5, 0.6) is 0 Å². The van der Waals surface area contributed by atoms with E-state index in [1.165, 1.54) is 0 Å². The van der Waals surface area contributed by atoms with Gasteiger partial charge in [-0.05, 0) is 5.56 Å². The third-order valence-corrected chi connectivity index (χ3v) is 2.39. The number of hydrogen-bond acceptors (Lipinski definition) is 2. The van der Waals surface area contributed by atoms with Crippen LogP contribution in [0.4, 0.5) is 4.39 Å². The van der Waals surface area contributed by atoms with Crippen molar-refractivity contribution < 1.29 is 13.9 Å². The number of carbonyl (C=O) groups excluding carboxylic acids is 1. The highest BCUT2D eigenvalue weighted by molar-refractivity contribution is 5.88. The molecule has 1 aliphatic rings. The molecule has 0 aromatic heterocycles. The van der Waals surface area contributed by atoms with E-state index in [2.05, 4.69) is 5.32 Å². The first-order valence-electron chi connectivity index (χ1n) is 4.83. The molecule has 0 saturated carbocycles. The molecule has 1 aliphatic heterocycles. The maximum absolute atomic E-state index is 12.3. The molecule has 0 unspecified atom stereocenters. The van der Waals surface area contributed by atoms with Crippen LogP contribution in [0.1, 0.15) is 5.56 Å². The fraction of sp³-hybridized carbons (Fsp3) is 0.364. The molecule has 0 spiro atoms. The van der Waals surface area contributed by atoms with Gasteiger partial charge in [-0.2, -0.15) is 0 Å². The summed E-state index contributed by atoms with van der Waals surface area (Å²) in [5.41, 5.74) is 0.981. The summed E-state index contributed by atoms with van der Waals surface area (Å²) < 4.78 is 17.6. The molecule has 2 rings (SSSR count). The number of halogens is 1.